The Morgan fingerprint density at radius 3 is 3.00 bits per heavy atom. The second-order valence-corrected chi connectivity index (χ2v) is 4.64. The van der Waals surface area contributed by atoms with Crippen molar-refractivity contribution in [2.75, 3.05) is 0 Å². The van der Waals surface area contributed by atoms with Gasteiger partial charge in [-0.05, 0) is 55.4 Å². The Balaban J connectivity index is 2.40. The molecule has 0 radical (unpaired) electrons. The Morgan fingerprint density at radius 1 is 1.50 bits per heavy atom. The first-order chi connectivity index (χ1) is 6.68. The maximum absolute atomic E-state index is 5.99. The highest BCUT2D eigenvalue weighted by Crippen LogP contribution is 2.34. The average molecular weight is 210 g/mol. The van der Waals surface area contributed by atoms with Crippen LogP contribution in [0.25, 0.3) is 0 Å². The van der Waals surface area contributed by atoms with E-state index in [1.54, 1.807) is 0 Å². The molecule has 0 aliphatic heterocycles. The van der Waals surface area contributed by atoms with Crippen LogP contribution < -0.4 is 5.73 Å². The molecule has 0 amide bonds. The standard InChI is InChI=1S/C12H16ClN/c1-8(14)11-4-2-3-9-7-10(13)5-6-12(9)11/h5-8,11H,2-4,14H2,1H3. The first-order valence-electron chi connectivity index (χ1n) is 5.22. The third-order valence-corrected chi connectivity index (χ3v) is 3.34. The highest BCUT2D eigenvalue weighted by atomic mass is 35.5. The van der Waals surface area contributed by atoms with Crippen molar-refractivity contribution in [1.82, 2.24) is 0 Å². The summed E-state index contributed by atoms with van der Waals surface area (Å²) in [6, 6.07) is 6.45. The minimum Gasteiger partial charge on any atom is -0.327 e. The lowest BCUT2D eigenvalue weighted by Gasteiger charge is -2.28. The number of hydrogen-bond acceptors (Lipinski definition) is 1. The van der Waals surface area contributed by atoms with Crippen LogP contribution in [0.5, 0.6) is 0 Å². The number of rotatable bonds is 1. The lowest BCUT2D eigenvalue weighted by Crippen LogP contribution is -2.27. The fourth-order valence-corrected chi connectivity index (χ4v) is 2.56. The first-order valence-corrected chi connectivity index (χ1v) is 5.60. The van der Waals surface area contributed by atoms with Crippen LogP contribution in [0.2, 0.25) is 5.02 Å². The molecule has 1 aliphatic carbocycles. The molecule has 0 aromatic heterocycles. The second kappa shape index (κ2) is 3.92. The normalized spacial score (nSPS) is 22.9. The van der Waals surface area contributed by atoms with Crippen molar-refractivity contribution >= 4 is 11.6 Å². The predicted octanol–water partition coefficient (Wildman–Crippen LogP) is 3.11. The van der Waals surface area contributed by atoms with Crippen molar-refractivity contribution in [1.29, 1.82) is 0 Å². The van der Waals surface area contributed by atoms with Crippen molar-refractivity contribution in [3.8, 4) is 0 Å². The lowest BCUT2D eigenvalue weighted by molar-refractivity contribution is 0.485. The summed E-state index contributed by atoms with van der Waals surface area (Å²) in [5, 5.41) is 0.842. The van der Waals surface area contributed by atoms with E-state index in [0.717, 1.165) is 11.4 Å². The second-order valence-electron chi connectivity index (χ2n) is 4.20. The summed E-state index contributed by atoms with van der Waals surface area (Å²) in [7, 11) is 0. The fourth-order valence-electron chi connectivity index (χ4n) is 2.37. The minimum atomic E-state index is 0.246. The summed E-state index contributed by atoms with van der Waals surface area (Å²) < 4.78 is 0. The van der Waals surface area contributed by atoms with Crippen LogP contribution >= 0.6 is 11.6 Å². The van der Waals surface area contributed by atoms with Crippen molar-refractivity contribution in [2.45, 2.75) is 38.1 Å². The number of fused-ring (bicyclic) bond motifs is 1. The molecule has 0 spiro atoms. The molecule has 14 heavy (non-hydrogen) atoms. The molecule has 1 aromatic rings. The molecule has 2 heteroatoms. The highest BCUT2D eigenvalue weighted by Gasteiger charge is 2.22. The Labute approximate surface area is 90.3 Å². The summed E-state index contributed by atoms with van der Waals surface area (Å²) in [5.74, 6) is 0.524. The van der Waals surface area contributed by atoms with E-state index in [-0.39, 0.29) is 6.04 Å². The maximum atomic E-state index is 5.99. The predicted molar refractivity (Wildman–Crippen MR) is 60.8 cm³/mol. The Bertz CT molecular complexity index is 333. The van der Waals surface area contributed by atoms with Gasteiger partial charge in [0.1, 0.15) is 0 Å². The molecule has 2 rings (SSSR count). The van der Waals surface area contributed by atoms with E-state index in [4.69, 9.17) is 17.3 Å². The smallest absolute Gasteiger partial charge is 0.0408 e. The third-order valence-electron chi connectivity index (χ3n) is 3.10. The quantitative estimate of drug-likeness (QED) is 0.756. The third kappa shape index (κ3) is 1.79. The summed E-state index contributed by atoms with van der Waals surface area (Å²) in [6.45, 7) is 2.09. The van der Waals surface area contributed by atoms with E-state index in [9.17, 15) is 0 Å². The van der Waals surface area contributed by atoms with Gasteiger partial charge in [-0.25, -0.2) is 0 Å². The van der Waals surface area contributed by atoms with E-state index in [1.807, 2.05) is 6.07 Å². The van der Waals surface area contributed by atoms with Gasteiger partial charge in [-0.2, -0.15) is 0 Å². The zero-order valence-corrected chi connectivity index (χ0v) is 9.22. The van der Waals surface area contributed by atoms with E-state index < -0.39 is 0 Å². The number of hydrogen-bond donors (Lipinski definition) is 1. The number of benzene rings is 1. The van der Waals surface area contributed by atoms with E-state index in [1.165, 1.54) is 24.0 Å². The van der Waals surface area contributed by atoms with Gasteiger partial charge in [0, 0.05) is 11.1 Å². The first kappa shape index (κ1) is 10.0. The molecule has 0 saturated carbocycles. The zero-order valence-electron chi connectivity index (χ0n) is 8.46. The molecule has 2 N–H and O–H groups in total. The van der Waals surface area contributed by atoms with Gasteiger partial charge < -0.3 is 5.73 Å². The van der Waals surface area contributed by atoms with Gasteiger partial charge >= 0.3 is 0 Å². The molecule has 1 nitrogen and oxygen atoms in total. The van der Waals surface area contributed by atoms with Gasteiger partial charge in [0.2, 0.25) is 0 Å². The van der Waals surface area contributed by atoms with Crippen LogP contribution in [-0.2, 0) is 6.42 Å². The van der Waals surface area contributed by atoms with Gasteiger partial charge in [0.25, 0.3) is 0 Å². The van der Waals surface area contributed by atoms with Crippen molar-refractivity contribution in [2.24, 2.45) is 5.73 Å². The van der Waals surface area contributed by atoms with Crippen LogP contribution in [-0.4, -0.2) is 6.04 Å². The molecule has 0 fully saturated rings. The topological polar surface area (TPSA) is 26.0 Å². The van der Waals surface area contributed by atoms with Crippen molar-refractivity contribution in [3.63, 3.8) is 0 Å². The van der Waals surface area contributed by atoms with Crippen molar-refractivity contribution in [3.05, 3.63) is 34.3 Å². The monoisotopic (exact) mass is 209 g/mol. The van der Waals surface area contributed by atoms with Crippen LogP contribution in [0, 0.1) is 0 Å². The molecule has 2 atom stereocenters. The largest absolute Gasteiger partial charge is 0.327 e. The summed E-state index contributed by atoms with van der Waals surface area (Å²) in [5.41, 5.74) is 8.79. The molecule has 76 valence electrons. The summed E-state index contributed by atoms with van der Waals surface area (Å²) in [4.78, 5) is 0. The summed E-state index contributed by atoms with van der Waals surface area (Å²) >= 11 is 5.97. The van der Waals surface area contributed by atoms with E-state index in [2.05, 4.69) is 19.1 Å². The minimum absolute atomic E-state index is 0.246. The molecule has 0 saturated heterocycles. The van der Waals surface area contributed by atoms with Gasteiger partial charge in [-0.1, -0.05) is 17.7 Å². The van der Waals surface area contributed by atoms with Crippen LogP contribution in [0.1, 0.15) is 36.8 Å². The number of aryl methyl sites for hydroxylation is 1. The van der Waals surface area contributed by atoms with E-state index in [0.29, 0.717) is 5.92 Å². The van der Waals surface area contributed by atoms with Crippen molar-refractivity contribution < 1.29 is 0 Å². The maximum Gasteiger partial charge on any atom is 0.0408 e. The summed E-state index contributed by atoms with van der Waals surface area (Å²) in [6.07, 6.45) is 3.60. The van der Waals surface area contributed by atoms with Gasteiger partial charge in [-0.15, -0.1) is 0 Å². The highest BCUT2D eigenvalue weighted by molar-refractivity contribution is 6.30. The SMILES string of the molecule is CC(N)C1CCCc2cc(Cl)ccc21. The molecule has 0 heterocycles. The van der Waals surface area contributed by atoms with Crippen LogP contribution in [0.4, 0.5) is 0 Å². The van der Waals surface area contributed by atoms with Crippen LogP contribution in [0.15, 0.2) is 18.2 Å². The fraction of sp³-hybridized carbons (Fsp3) is 0.500. The number of nitrogens with two attached hydrogens (primary N) is 1. The van der Waals surface area contributed by atoms with Gasteiger partial charge in [0.05, 0.1) is 0 Å². The zero-order chi connectivity index (χ0) is 10.1. The molecular formula is C12H16ClN. The molecule has 1 aromatic carbocycles. The average Bonchev–Trinajstić information content (AvgIpc) is 2.16. The Morgan fingerprint density at radius 2 is 2.29 bits per heavy atom. The molecular weight excluding hydrogens is 194 g/mol. The molecule has 0 bridgehead atoms. The van der Waals surface area contributed by atoms with E-state index >= 15 is 0 Å². The number of halogens is 1. The molecule has 1 aliphatic rings. The van der Waals surface area contributed by atoms with Crippen LogP contribution in [0.3, 0.4) is 0 Å². The Kier molecular flexibility index (Phi) is 2.80. The van der Waals surface area contributed by atoms with Gasteiger partial charge in [-0.3, -0.25) is 0 Å². The molecule has 2 unspecified atom stereocenters. The van der Waals surface area contributed by atoms with Gasteiger partial charge in [0.15, 0.2) is 0 Å². The lowest BCUT2D eigenvalue weighted by atomic mass is 9.79. The Hall–Kier alpha value is -0.530.